The number of rotatable bonds is 9. The topological polar surface area (TPSA) is 248 Å². The Morgan fingerprint density at radius 3 is 1.27 bits per heavy atom. The number of aromatic nitrogens is 3. The zero-order valence-electron chi connectivity index (χ0n) is 17.3. The third-order valence-corrected chi connectivity index (χ3v) is 1.89. The van der Waals surface area contributed by atoms with E-state index in [0.29, 0.717) is 0 Å². The Morgan fingerprint density at radius 2 is 1.06 bits per heavy atom. The lowest BCUT2D eigenvalue weighted by atomic mass is 10.7. The number of carboxylic acid groups (broad SMARTS) is 3. The second-order valence-electron chi connectivity index (χ2n) is 4.39. The molecule has 186 valence electrons. The van der Waals surface area contributed by atoms with E-state index in [2.05, 4.69) is 53.6 Å². The smallest absolute Gasteiger partial charge is 0.479 e. The minimum absolute atomic E-state index is 0.0110. The summed E-state index contributed by atoms with van der Waals surface area (Å²) in [6.45, 7) is 9.72. The monoisotopic (exact) mass is 479 g/mol. The van der Waals surface area contributed by atoms with Crippen molar-refractivity contribution in [1.29, 1.82) is 0 Å². The fraction of sp³-hybridized carbons (Fsp3) is 0.294. The van der Waals surface area contributed by atoms with Gasteiger partial charge in [0.05, 0.1) is 6.61 Å². The maximum Gasteiger partial charge on any atom is 0.506 e. The Bertz CT molecular complexity index is 656. The highest BCUT2D eigenvalue weighted by Crippen LogP contribution is 2.10. The van der Waals surface area contributed by atoms with E-state index >= 15 is 0 Å². The van der Waals surface area contributed by atoms with Crippen LogP contribution in [-0.4, -0.2) is 97.1 Å². The molecule has 0 aromatic carbocycles. The van der Waals surface area contributed by atoms with Crippen molar-refractivity contribution in [3.05, 3.63) is 38.0 Å². The summed E-state index contributed by atoms with van der Waals surface area (Å²) in [7, 11) is 0. The maximum atomic E-state index is 9.49. The molecule has 0 aliphatic heterocycles. The molecule has 6 N–H and O–H groups in total. The van der Waals surface area contributed by atoms with Gasteiger partial charge in [0.1, 0.15) is 26.4 Å². The van der Waals surface area contributed by atoms with Crippen molar-refractivity contribution in [3.8, 4) is 18.0 Å². The molecule has 1 aromatic heterocycles. The summed E-state index contributed by atoms with van der Waals surface area (Å²) in [4.78, 5) is 38.2. The predicted molar refractivity (Wildman–Crippen MR) is 108 cm³/mol. The summed E-state index contributed by atoms with van der Waals surface area (Å²) in [5.41, 5.74) is 0. The molecule has 0 aliphatic rings. The molecule has 0 atom stereocenters. The SMILES string of the molecule is C=CCOC(=O)O.C=CCOC(=O)O.C=CCOC(=O)O.OCCOc1nc(O)nc(O)n1. The fourth-order valence-corrected chi connectivity index (χ4v) is 0.928. The lowest BCUT2D eigenvalue weighted by molar-refractivity contribution is 0.101. The van der Waals surface area contributed by atoms with Crippen molar-refractivity contribution >= 4 is 18.5 Å². The fourth-order valence-electron chi connectivity index (χ4n) is 0.928. The molecule has 0 bridgehead atoms. The summed E-state index contributed by atoms with van der Waals surface area (Å²) < 4.78 is 16.7. The van der Waals surface area contributed by atoms with Gasteiger partial charge in [0, 0.05) is 0 Å². The molecule has 1 heterocycles. The van der Waals surface area contributed by atoms with Crippen molar-refractivity contribution in [2.75, 3.05) is 33.0 Å². The van der Waals surface area contributed by atoms with E-state index in [0.717, 1.165) is 0 Å². The zero-order chi connectivity index (χ0) is 26.1. The van der Waals surface area contributed by atoms with E-state index in [1.807, 2.05) is 0 Å². The van der Waals surface area contributed by atoms with Gasteiger partial charge in [-0.25, -0.2) is 14.4 Å². The Kier molecular flexibility index (Phi) is 23.7. The van der Waals surface area contributed by atoms with E-state index in [-0.39, 0.29) is 39.0 Å². The molecule has 0 amide bonds. The van der Waals surface area contributed by atoms with Gasteiger partial charge in [-0.1, -0.05) is 38.0 Å². The molecule has 1 aromatic rings. The van der Waals surface area contributed by atoms with Crippen LogP contribution in [0.2, 0.25) is 0 Å². The first-order valence-electron chi connectivity index (χ1n) is 8.31. The molecule has 0 unspecified atom stereocenters. The molecule has 0 aliphatic carbocycles. The van der Waals surface area contributed by atoms with Crippen LogP contribution < -0.4 is 4.74 Å². The van der Waals surface area contributed by atoms with Gasteiger partial charge in [0.2, 0.25) is 0 Å². The molecule has 33 heavy (non-hydrogen) atoms. The van der Waals surface area contributed by atoms with Crippen LogP contribution in [0.3, 0.4) is 0 Å². The molecule has 1 rings (SSSR count). The Labute approximate surface area is 187 Å². The van der Waals surface area contributed by atoms with E-state index in [9.17, 15) is 14.4 Å². The highest BCUT2D eigenvalue weighted by Gasteiger charge is 2.03. The van der Waals surface area contributed by atoms with Crippen molar-refractivity contribution in [2.24, 2.45) is 0 Å². The van der Waals surface area contributed by atoms with Gasteiger partial charge in [-0.05, 0) is 0 Å². The summed E-state index contributed by atoms with van der Waals surface area (Å²) in [6.07, 6.45) is 0.316. The van der Waals surface area contributed by atoms with Gasteiger partial charge < -0.3 is 49.6 Å². The normalized spacial score (nSPS) is 8.27. The van der Waals surface area contributed by atoms with Crippen molar-refractivity contribution < 1.29 is 64.0 Å². The van der Waals surface area contributed by atoms with Gasteiger partial charge in [0.15, 0.2) is 0 Å². The summed E-state index contributed by atoms with van der Waals surface area (Å²) in [6, 6.07) is -1.49. The lowest BCUT2D eigenvalue weighted by Gasteiger charge is -2.00. The van der Waals surface area contributed by atoms with Crippen molar-refractivity contribution in [1.82, 2.24) is 15.0 Å². The van der Waals surface area contributed by atoms with Crippen LogP contribution in [0.1, 0.15) is 0 Å². The zero-order valence-corrected chi connectivity index (χ0v) is 17.3. The lowest BCUT2D eigenvalue weighted by Crippen LogP contribution is -2.05. The van der Waals surface area contributed by atoms with E-state index < -0.39 is 30.5 Å². The first kappa shape index (κ1) is 33.0. The van der Waals surface area contributed by atoms with Crippen molar-refractivity contribution in [2.45, 2.75) is 0 Å². The molecular weight excluding hydrogens is 454 g/mol. The highest BCUT2D eigenvalue weighted by atomic mass is 16.7. The van der Waals surface area contributed by atoms with Gasteiger partial charge in [0.25, 0.3) is 0 Å². The molecule has 0 saturated heterocycles. The van der Waals surface area contributed by atoms with Crippen LogP contribution in [0.5, 0.6) is 18.0 Å². The molecule has 16 nitrogen and oxygen atoms in total. The Balaban J connectivity index is -0.000000379. The third-order valence-electron chi connectivity index (χ3n) is 1.89. The predicted octanol–water partition coefficient (Wildman–Crippen LogP) is 1.25. The average molecular weight is 479 g/mol. The van der Waals surface area contributed by atoms with Crippen LogP contribution in [0.15, 0.2) is 38.0 Å². The van der Waals surface area contributed by atoms with Gasteiger partial charge in [-0.15, -0.1) is 15.0 Å². The average Bonchev–Trinajstić information content (AvgIpc) is 2.74. The minimum atomic E-state index is -1.26. The molecular formula is C17H25N3O13. The molecule has 0 radical (unpaired) electrons. The molecule has 0 saturated carbocycles. The van der Waals surface area contributed by atoms with E-state index in [4.69, 9.17) is 30.6 Å². The van der Waals surface area contributed by atoms with Crippen LogP contribution in [0, 0.1) is 0 Å². The summed E-state index contributed by atoms with van der Waals surface area (Å²) in [5.74, 6) is 0. The van der Waals surface area contributed by atoms with Crippen molar-refractivity contribution in [3.63, 3.8) is 0 Å². The highest BCUT2D eigenvalue weighted by molar-refractivity contribution is 5.57. The van der Waals surface area contributed by atoms with E-state index in [1.54, 1.807) is 0 Å². The van der Waals surface area contributed by atoms with Crippen LogP contribution >= 0.6 is 0 Å². The maximum absolute atomic E-state index is 9.49. The van der Waals surface area contributed by atoms with Gasteiger partial charge in [-0.3, -0.25) is 0 Å². The standard InChI is InChI=1S/C5H7N3O4.3C4H6O3/c9-1-2-12-5-7-3(10)6-4(11)8-5;3*1-2-3-7-4(5)6/h9H,1-2H2,(H2,6,7,8,10,11);3*2H,1,3H2,(H,5,6). The number of hydrogen-bond acceptors (Lipinski definition) is 13. The van der Waals surface area contributed by atoms with Crippen LogP contribution in [0.25, 0.3) is 0 Å². The molecule has 0 fully saturated rings. The van der Waals surface area contributed by atoms with Crippen LogP contribution in [0.4, 0.5) is 14.4 Å². The van der Waals surface area contributed by atoms with Gasteiger partial charge in [-0.2, -0.15) is 0 Å². The third kappa shape index (κ3) is 32.3. The van der Waals surface area contributed by atoms with E-state index in [1.165, 1.54) is 18.2 Å². The Morgan fingerprint density at radius 1 is 0.727 bits per heavy atom. The minimum Gasteiger partial charge on any atom is -0.479 e. The summed E-state index contributed by atoms with van der Waals surface area (Å²) >= 11 is 0. The number of aromatic hydroxyl groups is 2. The molecule has 0 spiro atoms. The van der Waals surface area contributed by atoms with Crippen LogP contribution in [-0.2, 0) is 14.2 Å². The Hall–Kier alpha value is -4.60. The second kappa shape index (κ2) is 23.7. The first-order chi connectivity index (χ1) is 15.5. The number of nitrogens with zero attached hydrogens (tertiary/aromatic N) is 3. The largest absolute Gasteiger partial charge is 0.506 e. The number of aliphatic hydroxyl groups is 1. The first-order valence-corrected chi connectivity index (χ1v) is 8.31. The van der Waals surface area contributed by atoms with Gasteiger partial charge >= 0.3 is 36.5 Å². The second-order valence-corrected chi connectivity index (χ2v) is 4.39. The summed E-state index contributed by atoms with van der Waals surface area (Å²) in [5, 5.41) is 49.1. The molecule has 16 heteroatoms. The number of hydrogen-bond donors (Lipinski definition) is 6. The number of ether oxygens (including phenoxy) is 4. The number of carbonyl (C=O) groups is 3. The quantitative estimate of drug-likeness (QED) is 0.165. The number of aliphatic hydroxyl groups excluding tert-OH is 1.